The van der Waals surface area contributed by atoms with Crippen LogP contribution in [0.15, 0.2) is 157 Å². The summed E-state index contributed by atoms with van der Waals surface area (Å²) in [4.78, 5) is 0. The Bertz CT molecular complexity index is 2750. The van der Waals surface area contributed by atoms with Crippen molar-refractivity contribution in [2.24, 2.45) is 0 Å². The van der Waals surface area contributed by atoms with Crippen molar-refractivity contribution in [2.75, 3.05) is 0 Å². The van der Waals surface area contributed by atoms with E-state index in [0.717, 1.165) is 10.8 Å². The summed E-state index contributed by atoms with van der Waals surface area (Å²) in [6.07, 6.45) is 0. The molecule has 8 aromatic carbocycles. The topological polar surface area (TPSA) is 0 Å². The van der Waals surface area contributed by atoms with E-state index in [1.54, 1.807) is 24.3 Å². The fourth-order valence-electron chi connectivity index (χ4n) is 5.81. The molecule has 0 heterocycles. The van der Waals surface area contributed by atoms with Crippen molar-refractivity contribution < 1.29 is 15.1 Å². The van der Waals surface area contributed by atoms with Gasteiger partial charge in [-0.1, -0.05) is 157 Å². The standard InChI is InChI=1S/C40H26/c1-3-17-29-27(13-1)15-11-25-31(29)32-19-5-6-20-34(32)40-37-23-9-7-21-35(37)39(36-22-8-10-24-38(36)40)33-26-12-16-28-14-2-4-18-30(28)33/h1-26H/i2D,4D,5D,6D,12D,14D,16D,18D,19D,20D,26D. The Hall–Kier alpha value is -5.20. The molecule has 0 bridgehead atoms. The molecule has 40 heavy (non-hydrogen) atoms. The predicted octanol–water partition coefficient (Wildman–Crippen LogP) is 11.3. The summed E-state index contributed by atoms with van der Waals surface area (Å²) in [7, 11) is 0. The second-order valence-electron chi connectivity index (χ2n) is 9.62. The molecule has 0 unspecified atom stereocenters. The minimum Gasteiger partial charge on any atom is -0.0616 e. The Kier molecular flexibility index (Phi) is 3.29. The van der Waals surface area contributed by atoms with Crippen LogP contribution in [0.5, 0.6) is 0 Å². The van der Waals surface area contributed by atoms with Gasteiger partial charge in [0.15, 0.2) is 0 Å². The van der Waals surface area contributed by atoms with Gasteiger partial charge in [0.2, 0.25) is 0 Å². The van der Waals surface area contributed by atoms with Crippen LogP contribution in [0.25, 0.3) is 76.5 Å². The van der Waals surface area contributed by atoms with Crippen LogP contribution in [0.4, 0.5) is 0 Å². The van der Waals surface area contributed by atoms with Gasteiger partial charge in [-0.15, -0.1) is 0 Å². The number of hydrogen-bond acceptors (Lipinski definition) is 0. The quantitative estimate of drug-likeness (QED) is 0.204. The molecule has 0 amide bonds. The van der Waals surface area contributed by atoms with Crippen LogP contribution in [0.2, 0.25) is 0 Å². The van der Waals surface area contributed by atoms with E-state index in [0.29, 0.717) is 43.8 Å². The van der Waals surface area contributed by atoms with Crippen LogP contribution >= 0.6 is 0 Å². The van der Waals surface area contributed by atoms with E-state index in [9.17, 15) is 4.11 Å². The Labute approximate surface area is 249 Å². The predicted molar refractivity (Wildman–Crippen MR) is 173 cm³/mol. The molecule has 0 heteroatoms. The molecule has 0 saturated carbocycles. The first-order chi connectivity index (χ1) is 24.5. The van der Waals surface area contributed by atoms with E-state index in [4.69, 9.17) is 11.0 Å². The van der Waals surface area contributed by atoms with E-state index >= 15 is 0 Å². The van der Waals surface area contributed by atoms with Gasteiger partial charge >= 0.3 is 0 Å². The third-order valence-electron chi connectivity index (χ3n) is 7.49. The minimum absolute atomic E-state index is 0.0341. The SMILES string of the molecule is [2H]c1c([2H])c([2H])c(-c2c3ccccc3c(-c3c([2H])c([2H])c([2H])c4c([2H])c([2H])c([2H])c([2H])c34)c3ccccc23)c(-c2cccc3ccccc23)c1[2H]. The summed E-state index contributed by atoms with van der Waals surface area (Å²) in [6.45, 7) is 0. The van der Waals surface area contributed by atoms with Gasteiger partial charge in [-0.25, -0.2) is 0 Å². The molecule has 186 valence electrons. The lowest BCUT2D eigenvalue weighted by molar-refractivity contribution is 1.63. The number of benzene rings is 8. The Morgan fingerprint density at radius 2 is 0.800 bits per heavy atom. The molecule has 0 fully saturated rings. The van der Waals surface area contributed by atoms with Gasteiger partial charge in [-0.3, -0.25) is 0 Å². The molecule has 0 N–H and O–H groups in total. The monoisotopic (exact) mass is 517 g/mol. The minimum atomic E-state index is -0.534. The summed E-state index contributed by atoms with van der Waals surface area (Å²) in [5, 5.41) is 3.78. The Morgan fingerprint density at radius 3 is 1.52 bits per heavy atom. The average molecular weight is 518 g/mol. The molecule has 0 aliphatic carbocycles. The van der Waals surface area contributed by atoms with Gasteiger partial charge in [0.25, 0.3) is 0 Å². The highest BCUT2D eigenvalue weighted by molar-refractivity contribution is 6.24. The second-order valence-corrected chi connectivity index (χ2v) is 9.62. The van der Waals surface area contributed by atoms with Crippen LogP contribution in [0.1, 0.15) is 15.1 Å². The summed E-state index contributed by atoms with van der Waals surface area (Å²) in [6, 6.07) is 23.4. The van der Waals surface area contributed by atoms with Crippen molar-refractivity contribution in [1.29, 1.82) is 0 Å². The highest BCUT2D eigenvalue weighted by atomic mass is 14.2. The maximum Gasteiger partial charge on any atom is 0.0629 e. The van der Waals surface area contributed by atoms with Gasteiger partial charge < -0.3 is 0 Å². The lowest BCUT2D eigenvalue weighted by Gasteiger charge is -2.20. The number of rotatable bonds is 3. The van der Waals surface area contributed by atoms with Crippen LogP contribution in [0, 0.1) is 0 Å². The first-order valence-corrected chi connectivity index (χ1v) is 13.0. The molecule has 0 aliphatic rings. The second kappa shape index (κ2) is 9.22. The third kappa shape index (κ3) is 3.47. The van der Waals surface area contributed by atoms with E-state index in [2.05, 4.69) is 0 Å². The number of hydrogen-bond donors (Lipinski definition) is 0. The zero-order chi connectivity index (χ0) is 36.0. The Balaban J connectivity index is 1.63. The van der Waals surface area contributed by atoms with E-state index in [1.165, 1.54) is 0 Å². The third-order valence-corrected chi connectivity index (χ3v) is 7.49. The summed E-state index contributed by atoms with van der Waals surface area (Å²) in [5.74, 6) is 0. The van der Waals surface area contributed by atoms with Gasteiger partial charge in [0.05, 0.1) is 15.1 Å². The molecule has 0 nitrogen and oxygen atoms in total. The molecule has 0 radical (unpaired) electrons. The molecule has 8 rings (SSSR count). The average Bonchev–Trinajstić information content (AvgIpc) is 3.15. The summed E-state index contributed by atoms with van der Waals surface area (Å²) in [5.41, 5.74) is 2.28. The molecule has 0 aliphatic heterocycles. The van der Waals surface area contributed by atoms with Gasteiger partial charge in [-0.2, -0.15) is 0 Å². The first kappa shape index (κ1) is 14.3. The summed E-state index contributed by atoms with van der Waals surface area (Å²) >= 11 is 0. The van der Waals surface area contributed by atoms with E-state index in [-0.39, 0.29) is 46.1 Å². The van der Waals surface area contributed by atoms with E-state index in [1.807, 2.05) is 66.7 Å². The van der Waals surface area contributed by atoms with Gasteiger partial charge in [0, 0.05) is 0 Å². The highest BCUT2D eigenvalue weighted by Gasteiger charge is 2.20. The lowest BCUT2D eigenvalue weighted by Crippen LogP contribution is -1.93. The Morgan fingerprint density at radius 1 is 0.300 bits per heavy atom. The van der Waals surface area contributed by atoms with Crippen molar-refractivity contribution in [3.05, 3.63) is 157 Å². The largest absolute Gasteiger partial charge is 0.0629 e. The maximum atomic E-state index is 9.38. The van der Waals surface area contributed by atoms with Crippen LogP contribution < -0.4 is 0 Å². The maximum absolute atomic E-state index is 9.38. The van der Waals surface area contributed by atoms with E-state index < -0.39 is 42.3 Å². The van der Waals surface area contributed by atoms with Crippen LogP contribution in [-0.4, -0.2) is 0 Å². The fourth-order valence-corrected chi connectivity index (χ4v) is 5.81. The molecule has 0 atom stereocenters. The molecule has 0 saturated heterocycles. The van der Waals surface area contributed by atoms with Gasteiger partial charge in [0.1, 0.15) is 0 Å². The zero-order valence-electron chi connectivity index (χ0n) is 32.2. The van der Waals surface area contributed by atoms with Crippen molar-refractivity contribution in [2.45, 2.75) is 0 Å². The molecular weight excluding hydrogens is 480 g/mol. The molecule has 0 spiro atoms. The highest BCUT2D eigenvalue weighted by Crippen LogP contribution is 2.47. The van der Waals surface area contributed by atoms with Crippen LogP contribution in [-0.2, 0) is 0 Å². The smallest absolute Gasteiger partial charge is 0.0616 e. The lowest BCUT2D eigenvalue weighted by atomic mass is 9.82. The van der Waals surface area contributed by atoms with Gasteiger partial charge in [-0.05, 0) is 76.5 Å². The number of fused-ring (bicyclic) bond motifs is 4. The van der Waals surface area contributed by atoms with Crippen molar-refractivity contribution in [3.8, 4) is 33.4 Å². The normalized spacial score (nSPS) is 15.3. The van der Waals surface area contributed by atoms with Crippen molar-refractivity contribution in [3.63, 3.8) is 0 Å². The summed E-state index contributed by atoms with van der Waals surface area (Å²) < 4.78 is 97.2. The van der Waals surface area contributed by atoms with Crippen molar-refractivity contribution >= 4 is 43.1 Å². The zero-order valence-corrected chi connectivity index (χ0v) is 21.2. The molecule has 0 aromatic heterocycles. The fraction of sp³-hybridized carbons (Fsp3) is 0. The first-order valence-electron chi connectivity index (χ1n) is 18.5. The molecule has 8 aromatic rings. The molecular formula is C40H26. The van der Waals surface area contributed by atoms with Crippen LogP contribution in [0.3, 0.4) is 0 Å². The van der Waals surface area contributed by atoms with Crippen molar-refractivity contribution in [1.82, 2.24) is 0 Å².